The molecule has 0 radical (unpaired) electrons. The number of carbonyl (C=O) groups excluding carboxylic acids is 4. The van der Waals surface area contributed by atoms with Gasteiger partial charge < -0.3 is 10.1 Å². The van der Waals surface area contributed by atoms with Crippen molar-refractivity contribution in [2.75, 3.05) is 16.8 Å². The number of benzene rings is 2. The Morgan fingerprint density at radius 3 is 2.39 bits per heavy atom. The number of anilines is 2. The summed E-state index contributed by atoms with van der Waals surface area (Å²) in [6, 6.07) is 14.8. The highest BCUT2D eigenvalue weighted by Crippen LogP contribution is 2.23. The number of imide groups is 1. The Bertz CT molecular complexity index is 1210. The second-order valence-electron chi connectivity index (χ2n) is 7.26. The fourth-order valence-corrected chi connectivity index (χ4v) is 3.55. The maximum absolute atomic E-state index is 12.3. The number of esters is 1. The molecule has 33 heavy (non-hydrogen) atoms. The SMILES string of the molecule is O=C(COC(=O)c1ccc(N2C(=O)CCC2=O)cc1)Nc1ccnn1Cc1ccccc1Cl. The quantitative estimate of drug-likeness (QED) is 0.423. The molecule has 1 N–H and O–H groups in total. The number of ether oxygens (including phenoxy) is 1. The number of carbonyl (C=O) groups is 4. The predicted octanol–water partition coefficient (Wildman–Crippen LogP) is 3.03. The molecule has 168 valence electrons. The van der Waals surface area contributed by atoms with Gasteiger partial charge in [-0.1, -0.05) is 29.8 Å². The highest BCUT2D eigenvalue weighted by Gasteiger charge is 2.30. The summed E-state index contributed by atoms with van der Waals surface area (Å²) in [4.78, 5) is 49.3. The molecule has 9 nitrogen and oxygen atoms in total. The van der Waals surface area contributed by atoms with Crippen LogP contribution < -0.4 is 10.2 Å². The third-order valence-corrected chi connectivity index (χ3v) is 5.38. The first-order valence-corrected chi connectivity index (χ1v) is 10.5. The van der Waals surface area contributed by atoms with Crippen LogP contribution in [0.25, 0.3) is 0 Å². The molecule has 10 heteroatoms. The molecular weight excluding hydrogens is 448 g/mol. The van der Waals surface area contributed by atoms with E-state index in [2.05, 4.69) is 10.4 Å². The first-order valence-electron chi connectivity index (χ1n) is 10.1. The van der Waals surface area contributed by atoms with Gasteiger partial charge in [0.2, 0.25) is 11.8 Å². The third-order valence-electron chi connectivity index (χ3n) is 5.01. The van der Waals surface area contributed by atoms with Crippen LogP contribution >= 0.6 is 11.6 Å². The van der Waals surface area contributed by atoms with E-state index < -0.39 is 18.5 Å². The molecule has 0 bridgehead atoms. The van der Waals surface area contributed by atoms with Gasteiger partial charge in [0.1, 0.15) is 5.82 Å². The van der Waals surface area contributed by atoms with E-state index in [9.17, 15) is 19.2 Å². The molecule has 1 fully saturated rings. The molecule has 2 heterocycles. The van der Waals surface area contributed by atoms with E-state index in [4.69, 9.17) is 16.3 Å². The maximum Gasteiger partial charge on any atom is 0.338 e. The van der Waals surface area contributed by atoms with E-state index in [0.29, 0.717) is 23.1 Å². The zero-order valence-electron chi connectivity index (χ0n) is 17.4. The van der Waals surface area contributed by atoms with Crippen molar-refractivity contribution in [3.63, 3.8) is 0 Å². The fraction of sp³-hybridized carbons (Fsp3) is 0.174. The molecule has 2 aromatic carbocycles. The second kappa shape index (κ2) is 9.66. The van der Waals surface area contributed by atoms with E-state index in [0.717, 1.165) is 10.5 Å². The van der Waals surface area contributed by atoms with Crippen molar-refractivity contribution in [1.82, 2.24) is 9.78 Å². The first kappa shape index (κ1) is 22.2. The van der Waals surface area contributed by atoms with Crippen molar-refractivity contribution in [2.24, 2.45) is 0 Å². The van der Waals surface area contributed by atoms with Crippen LogP contribution in [-0.4, -0.2) is 40.1 Å². The van der Waals surface area contributed by atoms with E-state index in [1.54, 1.807) is 16.8 Å². The van der Waals surface area contributed by atoms with Crippen LogP contribution in [0.2, 0.25) is 5.02 Å². The van der Waals surface area contributed by atoms with Crippen LogP contribution in [0.4, 0.5) is 11.5 Å². The van der Waals surface area contributed by atoms with Crippen molar-refractivity contribution in [2.45, 2.75) is 19.4 Å². The number of nitrogens with zero attached hydrogens (tertiary/aromatic N) is 3. The van der Waals surface area contributed by atoms with Gasteiger partial charge in [0.15, 0.2) is 6.61 Å². The first-order chi connectivity index (χ1) is 15.9. The molecule has 1 aliphatic rings. The van der Waals surface area contributed by atoms with Crippen molar-refractivity contribution in [3.8, 4) is 0 Å². The van der Waals surface area contributed by atoms with Crippen LogP contribution in [0.1, 0.15) is 28.8 Å². The van der Waals surface area contributed by atoms with E-state index in [-0.39, 0.29) is 30.2 Å². The number of aromatic nitrogens is 2. The van der Waals surface area contributed by atoms with Gasteiger partial charge in [-0.25, -0.2) is 9.48 Å². The largest absolute Gasteiger partial charge is 0.452 e. The lowest BCUT2D eigenvalue weighted by molar-refractivity contribution is -0.121. The van der Waals surface area contributed by atoms with Crippen molar-refractivity contribution in [1.29, 1.82) is 0 Å². The maximum atomic E-state index is 12.3. The number of amides is 3. The zero-order chi connectivity index (χ0) is 23.4. The normalized spacial score (nSPS) is 13.3. The Morgan fingerprint density at radius 1 is 1.00 bits per heavy atom. The number of hydrogen-bond acceptors (Lipinski definition) is 6. The van der Waals surface area contributed by atoms with Crippen LogP contribution in [0.3, 0.4) is 0 Å². The Morgan fingerprint density at radius 2 is 1.70 bits per heavy atom. The topological polar surface area (TPSA) is 111 Å². The summed E-state index contributed by atoms with van der Waals surface area (Å²) in [5, 5.41) is 7.42. The van der Waals surface area contributed by atoms with Crippen molar-refractivity contribution < 1.29 is 23.9 Å². The average molecular weight is 467 g/mol. The summed E-state index contributed by atoms with van der Waals surface area (Å²) < 4.78 is 6.64. The monoisotopic (exact) mass is 466 g/mol. The van der Waals surface area contributed by atoms with Crippen LogP contribution in [0, 0.1) is 0 Å². The number of rotatable bonds is 7. The molecule has 1 saturated heterocycles. The lowest BCUT2D eigenvalue weighted by atomic mass is 10.2. The predicted molar refractivity (Wildman–Crippen MR) is 120 cm³/mol. The Labute approximate surface area is 193 Å². The molecule has 3 amide bonds. The molecule has 1 aromatic heterocycles. The van der Waals surface area contributed by atoms with Crippen molar-refractivity contribution in [3.05, 3.63) is 76.9 Å². The van der Waals surface area contributed by atoms with Gasteiger partial charge in [0, 0.05) is 23.9 Å². The van der Waals surface area contributed by atoms with Crippen molar-refractivity contribution >= 4 is 46.8 Å². The Kier molecular flexibility index (Phi) is 6.50. The summed E-state index contributed by atoms with van der Waals surface area (Å²) in [5.41, 5.74) is 1.42. The zero-order valence-corrected chi connectivity index (χ0v) is 18.1. The molecule has 3 aromatic rings. The molecule has 4 rings (SSSR count). The minimum absolute atomic E-state index is 0.176. The van der Waals surface area contributed by atoms with Crippen LogP contribution in [0.5, 0.6) is 0 Å². The second-order valence-corrected chi connectivity index (χ2v) is 7.67. The van der Waals surface area contributed by atoms with Crippen LogP contribution in [0.15, 0.2) is 60.8 Å². The summed E-state index contributed by atoms with van der Waals surface area (Å²) in [6.45, 7) is -0.141. The molecule has 0 saturated carbocycles. The van der Waals surface area contributed by atoms with E-state index >= 15 is 0 Å². The van der Waals surface area contributed by atoms with Gasteiger partial charge in [-0.05, 0) is 35.9 Å². The molecule has 0 spiro atoms. The van der Waals surface area contributed by atoms with E-state index in [1.165, 1.54) is 30.5 Å². The average Bonchev–Trinajstić information content (AvgIpc) is 3.39. The van der Waals surface area contributed by atoms with Gasteiger partial charge in [-0.15, -0.1) is 0 Å². The number of nitrogens with one attached hydrogen (secondary N) is 1. The molecule has 0 atom stereocenters. The lowest BCUT2D eigenvalue weighted by Crippen LogP contribution is -2.28. The molecule has 0 aliphatic carbocycles. The standard InChI is InChI=1S/C23H19ClN4O5/c24-18-4-2-1-3-16(18)13-27-19(11-12-25-27)26-20(29)14-33-23(32)15-5-7-17(8-6-15)28-21(30)9-10-22(28)31/h1-8,11-12H,9-10,13-14H2,(H,26,29). The smallest absolute Gasteiger partial charge is 0.338 e. The summed E-state index contributed by atoms with van der Waals surface area (Å²) in [5.74, 6) is -1.36. The van der Waals surface area contributed by atoms with Crippen LogP contribution in [-0.2, 0) is 25.7 Å². The minimum Gasteiger partial charge on any atom is -0.452 e. The summed E-state index contributed by atoms with van der Waals surface area (Å²) in [6.07, 6.45) is 1.89. The number of hydrogen-bond donors (Lipinski definition) is 1. The summed E-state index contributed by atoms with van der Waals surface area (Å²) >= 11 is 6.18. The van der Waals surface area contributed by atoms with Gasteiger partial charge in [0.05, 0.1) is 24.0 Å². The fourth-order valence-electron chi connectivity index (χ4n) is 3.36. The lowest BCUT2D eigenvalue weighted by Gasteiger charge is -2.14. The van der Waals surface area contributed by atoms with Gasteiger partial charge in [-0.3, -0.25) is 19.3 Å². The number of halogens is 1. The summed E-state index contributed by atoms with van der Waals surface area (Å²) in [7, 11) is 0. The van der Waals surface area contributed by atoms with Gasteiger partial charge in [-0.2, -0.15) is 5.10 Å². The highest BCUT2D eigenvalue weighted by atomic mass is 35.5. The van der Waals surface area contributed by atoms with Gasteiger partial charge in [0.25, 0.3) is 5.91 Å². The molecule has 1 aliphatic heterocycles. The minimum atomic E-state index is -0.708. The Balaban J connectivity index is 1.32. The van der Waals surface area contributed by atoms with E-state index in [1.807, 2.05) is 18.2 Å². The molecular formula is C23H19ClN4O5. The Hall–Kier alpha value is -3.98. The highest BCUT2D eigenvalue weighted by molar-refractivity contribution is 6.31. The third kappa shape index (κ3) is 5.09. The molecule has 0 unspecified atom stereocenters. The van der Waals surface area contributed by atoms with Gasteiger partial charge >= 0.3 is 5.97 Å².